The molecule has 1 aliphatic rings. The maximum absolute atomic E-state index is 12.7. The lowest BCUT2D eigenvalue weighted by Gasteiger charge is -2.37. The first-order valence-corrected chi connectivity index (χ1v) is 10.7. The van der Waals surface area contributed by atoms with E-state index in [2.05, 4.69) is 45.3 Å². The zero-order chi connectivity index (χ0) is 22.1. The van der Waals surface area contributed by atoms with E-state index in [1.54, 1.807) is 12.1 Å². The van der Waals surface area contributed by atoms with Gasteiger partial charge in [0, 0.05) is 26.2 Å². The Hall–Kier alpha value is -3.09. The van der Waals surface area contributed by atoms with Gasteiger partial charge in [-0.15, -0.1) is 13.2 Å². The summed E-state index contributed by atoms with van der Waals surface area (Å²) in [6.45, 7) is 3.44. The number of hydrogen-bond donors (Lipinski definition) is 1. The van der Waals surface area contributed by atoms with E-state index in [0.29, 0.717) is 0 Å². The number of ether oxygens (including phenoxy) is 1. The van der Waals surface area contributed by atoms with Crippen molar-refractivity contribution >= 4 is 21.5 Å². The van der Waals surface area contributed by atoms with Crippen LogP contribution in [0.15, 0.2) is 78.9 Å². The average Bonchev–Trinajstić information content (AvgIpc) is 2.79. The zero-order valence-electron chi connectivity index (χ0n) is 17.4. The van der Waals surface area contributed by atoms with Crippen molar-refractivity contribution in [2.75, 3.05) is 26.2 Å². The molecule has 3 nitrogen and oxygen atoms in total. The predicted molar refractivity (Wildman–Crippen MR) is 121 cm³/mol. The van der Waals surface area contributed by atoms with Crippen molar-refractivity contribution in [2.45, 2.75) is 12.4 Å². The van der Waals surface area contributed by atoms with Crippen molar-refractivity contribution in [1.82, 2.24) is 10.2 Å². The van der Waals surface area contributed by atoms with E-state index in [0.717, 1.165) is 53.3 Å². The second kappa shape index (κ2) is 8.45. The number of rotatable bonds is 4. The number of piperazine rings is 1. The molecule has 1 atom stereocenters. The highest BCUT2D eigenvalue weighted by Crippen LogP contribution is 2.39. The second-order valence-corrected chi connectivity index (χ2v) is 8.04. The van der Waals surface area contributed by atoms with Crippen LogP contribution in [0.4, 0.5) is 13.2 Å². The van der Waals surface area contributed by atoms with Crippen LogP contribution in [0, 0.1) is 0 Å². The maximum Gasteiger partial charge on any atom is 0.573 e. The van der Waals surface area contributed by atoms with Crippen LogP contribution in [0.1, 0.15) is 17.2 Å². The molecule has 0 radical (unpaired) electrons. The van der Waals surface area contributed by atoms with Crippen LogP contribution >= 0.6 is 0 Å². The lowest BCUT2D eigenvalue weighted by atomic mass is 9.87. The molecule has 32 heavy (non-hydrogen) atoms. The molecule has 0 amide bonds. The summed E-state index contributed by atoms with van der Waals surface area (Å²) in [7, 11) is 0. The Morgan fingerprint density at radius 2 is 1.34 bits per heavy atom. The Balaban J connectivity index is 1.70. The van der Waals surface area contributed by atoms with Gasteiger partial charge in [-0.3, -0.25) is 4.90 Å². The van der Waals surface area contributed by atoms with Crippen LogP contribution in [0.3, 0.4) is 0 Å². The monoisotopic (exact) mass is 436 g/mol. The van der Waals surface area contributed by atoms with E-state index >= 15 is 0 Å². The van der Waals surface area contributed by atoms with Crippen molar-refractivity contribution in [3.05, 3.63) is 90.0 Å². The molecule has 164 valence electrons. The van der Waals surface area contributed by atoms with Gasteiger partial charge < -0.3 is 10.1 Å². The van der Waals surface area contributed by atoms with Gasteiger partial charge in [0.05, 0.1) is 6.04 Å². The number of nitrogens with zero attached hydrogens (tertiary/aromatic N) is 1. The Labute approximate surface area is 184 Å². The van der Waals surface area contributed by atoms with Gasteiger partial charge in [0.2, 0.25) is 0 Å². The number of alkyl halides is 3. The molecule has 5 rings (SSSR count). The van der Waals surface area contributed by atoms with Gasteiger partial charge in [-0.05, 0) is 50.9 Å². The molecule has 0 aromatic heterocycles. The molecular formula is C26H23F3N2O. The van der Waals surface area contributed by atoms with Gasteiger partial charge >= 0.3 is 6.36 Å². The number of halogens is 3. The molecule has 1 heterocycles. The number of nitrogens with one attached hydrogen (secondary N) is 1. The van der Waals surface area contributed by atoms with Gasteiger partial charge in [0.1, 0.15) is 5.75 Å². The SMILES string of the molecule is FC(F)(F)Oc1ccc([C@H](c2c3ccccc3cc3ccccc23)N2CCNCC2)cc1. The van der Waals surface area contributed by atoms with Crippen LogP contribution in [0.2, 0.25) is 0 Å². The van der Waals surface area contributed by atoms with Gasteiger partial charge in [0.25, 0.3) is 0 Å². The van der Waals surface area contributed by atoms with E-state index in [1.807, 2.05) is 24.3 Å². The predicted octanol–water partition coefficient (Wildman–Crippen LogP) is 5.89. The summed E-state index contributed by atoms with van der Waals surface area (Å²) in [5, 5.41) is 8.01. The Kier molecular flexibility index (Phi) is 5.49. The largest absolute Gasteiger partial charge is 0.573 e. The molecule has 0 aliphatic carbocycles. The van der Waals surface area contributed by atoms with Crippen LogP contribution in [0.5, 0.6) is 5.75 Å². The Morgan fingerprint density at radius 3 is 1.91 bits per heavy atom. The fraction of sp³-hybridized carbons (Fsp3) is 0.231. The summed E-state index contributed by atoms with van der Waals surface area (Å²) < 4.78 is 42.1. The lowest BCUT2D eigenvalue weighted by Crippen LogP contribution is -2.45. The van der Waals surface area contributed by atoms with Crippen LogP contribution < -0.4 is 10.1 Å². The third kappa shape index (κ3) is 4.16. The lowest BCUT2D eigenvalue weighted by molar-refractivity contribution is -0.274. The molecule has 1 aliphatic heterocycles. The first-order chi connectivity index (χ1) is 15.5. The summed E-state index contributed by atoms with van der Waals surface area (Å²) in [4.78, 5) is 2.41. The van der Waals surface area contributed by atoms with Gasteiger partial charge in [-0.25, -0.2) is 0 Å². The highest BCUT2D eigenvalue weighted by atomic mass is 19.4. The third-order valence-corrected chi connectivity index (χ3v) is 6.03. The molecule has 6 heteroatoms. The minimum absolute atomic E-state index is 0.0898. The normalized spacial score (nSPS) is 16.3. The molecule has 0 saturated carbocycles. The average molecular weight is 436 g/mol. The minimum atomic E-state index is -4.70. The first-order valence-electron chi connectivity index (χ1n) is 10.7. The number of fused-ring (bicyclic) bond motifs is 2. The summed E-state index contributed by atoms with van der Waals surface area (Å²) in [6.07, 6.45) is -4.70. The minimum Gasteiger partial charge on any atom is -0.406 e. The van der Waals surface area contributed by atoms with Gasteiger partial charge in [-0.1, -0.05) is 60.7 Å². The molecule has 0 spiro atoms. The number of benzene rings is 4. The van der Waals surface area contributed by atoms with E-state index in [9.17, 15) is 13.2 Å². The van der Waals surface area contributed by atoms with Crippen LogP contribution in [-0.4, -0.2) is 37.4 Å². The maximum atomic E-state index is 12.7. The molecule has 1 N–H and O–H groups in total. The van der Waals surface area contributed by atoms with Crippen LogP contribution in [0.25, 0.3) is 21.5 Å². The standard InChI is InChI=1S/C26H23F3N2O/c27-26(28,29)32-21-11-9-18(10-12-21)25(31-15-13-30-14-16-31)24-22-7-3-1-5-19(22)17-20-6-2-4-8-23(20)24/h1-12,17,25,30H,13-16H2/t25-/m1/s1. The Bertz CT molecular complexity index is 1180. The zero-order valence-corrected chi connectivity index (χ0v) is 17.4. The highest BCUT2D eigenvalue weighted by molar-refractivity contribution is 6.03. The summed E-state index contributed by atoms with van der Waals surface area (Å²) >= 11 is 0. The number of hydrogen-bond acceptors (Lipinski definition) is 3. The van der Waals surface area contributed by atoms with E-state index in [1.165, 1.54) is 17.7 Å². The summed E-state index contributed by atoms with van der Waals surface area (Å²) in [6, 6.07) is 25.1. The molecule has 1 fully saturated rings. The van der Waals surface area contributed by atoms with Crippen molar-refractivity contribution < 1.29 is 17.9 Å². The Morgan fingerprint density at radius 1 is 0.781 bits per heavy atom. The van der Waals surface area contributed by atoms with Gasteiger partial charge in [-0.2, -0.15) is 0 Å². The molecule has 4 aromatic carbocycles. The topological polar surface area (TPSA) is 24.5 Å². The van der Waals surface area contributed by atoms with E-state index in [-0.39, 0.29) is 11.8 Å². The summed E-state index contributed by atoms with van der Waals surface area (Å²) in [5.41, 5.74) is 2.13. The first kappa shape index (κ1) is 20.8. The third-order valence-electron chi connectivity index (χ3n) is 6.03. The van der Waals surface area contributed by atoms with Crippen LogP contribution in [-0.2, 0) is 0 Å². The molecule has 1 saturated heterocycles. The van der Waals surface area contributed by atoms with Crippen molar-refractivity contribution in [3.8, 4) is 5.75 Å². The quantitative estimate of drug-likeness (QED) is 0.404. The smallest absolute Gasteiger partial charge is 0.406 e. The highest BCUT2D eigenvalue weighted by Gasteiger charge is 2.32. The van der Waals surface area contributed by atoms with Gasteiger partial charge in [0.15, 0.2) is 0 Å². The molecule has 0 bridgehead atoms. The van der Waals surface area contributed by atoms with Crippen molar-refractivity contribution in [1.29, 1.82) is 0 Å². The van der Waals surface area contributed by atoms with E-state index < -0.39 is 6.36 Å². The summed E-state index contributed by atoms with van der Waals surface area (Å²) in [5.74, 6) is -0.205. The molecule has 0 unspecified atom stereocenters. The van der Waals surface area contributed by atoms with Crippen molar-refractivity contribution in [3.63, 3.8) is 0 Å². The van der Waals surface area contributed by atoms with E-state index in [4.69, 9.17) is 0 Å². The fourth-order valence-corrected chi connectivity index (χ4v) is 4.70. The second-order valence-electron chi connectivity index (χ2n) is 8.04. The fourth-order valence-electron chi connectivity index (χ4n) is 4.70. The van der Waals surface area contributed by atoms with Crippen molar-refractivity contribution in [2.24, 2.45) is 0 Å². The molecule has 4 aromatic rings. The molecular weight excluding hydrogens is 413 g/mol.